The van der Waals surface area contributed by atoms with Crippen molar-refractivity contribution in [3.8, 4) is 0 Å². The lowest BCUT2D eigenvalue weighted by atomic mass is 9.90. The minimum atomic E-state index is -1.03. The molecule has 0 fully saturated rings. The number of benzene rings is 1. The third-order valence-electron chi connectivity index (χ3n) is 2.33. The highest BCUT2D eigenvalue weighted by Crippen LogP contribution is 2.24. The summed E-state index contributed by atoms with van der Waals surface area (Å²) in [5.74, 6) is 0.0823. The molecule has 2 heteroatoms. The van der Waals surface area contributed by atoms with Crippen LogP contribution >= 0.6 is 0 Å². The van der Waals surface area contributed by atoms with E-state index >= 15 is 0 Å². The smallest absolute Gasteiger partial charge is 0.135 e. The lowest BCUT2D eigenvalue weighted by Gasteiger charge is -2.22. The molecule has 0 aliphatic carbocycles. The zero-order valence-corrected chi connectivity index (χ0v) is 8.66. The zero-order valence-electron chi connectivity index (χ0n) is 8.66. The van der Waals surface area contributed by atoms with Crippen LogP contribution in [0.4, 0.5) is 0 Å². The summed E-state index contributed by atoms with van der Waals surface area (Å²) in [5.41, 5.74) is -0.240. The van der Waals surface area contributed by atoms with Gasteiger partial charge in [0.25, 0.3) is 0 Å². The molecule has 0 spiro atoms. The van der Waals surface area contributed by atoms with Crippen molar-refractivity contribution in [2.75, 3.05) is 0 Å². The summed E-state index contributed by atoms with van der Waals surface area (Å²) in [5, 5.41) is 10.1. The highest BCUT2D eigenvalue weighted by atomic mass is 16.3. The fourth-order valence-electron chi connectivity index (χ4n) is 1.41. The van der Waals surface area contributed by atoms with E-state index in [-0.39, 0.29) is 12.2 Å². The molecule has 1 aromatic carbocycles. The van der Waals surface area contributed by atoms with Crippen LogP contribution in [0.1, 0.15) is 32.3 Å². The Kier molecular flexibility index (Phi) is 3.42. The van der Waals surface area contributed by atoms with E-state index in [0.717, 1.165) is 5.56 Å². The SMILES string of the molecule is CCC(=O)C[C@@](C)(O)c1ccccc1. The van der Waals surface area contributed by atoms with Crippen molar-refractivity contribution in [3.05, 3.63) is 35.9 Å². The van der Waals surface area contributed by atoms with Crippen molar-refractivity contribution in [1.82, 2.24) is 0 Å². The molecule has 1 N–H and O–H groups in total. The molecule has 0 heterocycles. The maximum atomic E-state index is 11.2. The quantitative estimate of drug-likeness (QED) is 0.794. The summed E-state index contributed by atoms with van der Waals surface area (Å²) in [4.78, 5) is 11.2. The van der Waals surface area contributed by atoms with Crippen LogP contribution in [0.5, 0.6) is 0 Å². The van der Waals surface area contributed by atoms with E-state index in [1.54, 1.807) is 6.92 Å². The van der Waals surface area contributed by atoms with Gasteiger partial charge in [0.15, 0.2) is 0 Å². The molecular formula is C12H16O2. The van der Waals surface area contributed by atoms with Gasteiger partial charge < -0.3 is 5.11 Å². The number of rotatable bonds is 4. The Hall–Kier alpha value is -1.15. The van der Waals surface area contributed by atoms with Gasteiger partial charge in [-0.05, 0) is 12.5 Å². The van der Waals surface area contributed by atoms with Crippen molar-refractivity contribution in [1.29, 1.82) is 0 Å². The lowest BCUT2D eigenvalue weighted by Crippen LogP contribution is -2.24. The summed E-state index contributed by atoms with van der Waals surface area (Å²) < 4.78 is 0. The number of Topliss-reactive ketones (excluding diaryl/α,β-unsaturated/α-hetero) is 1. The van der Waals surface area contributed by atoms with E-state index in [1.807, 2.05) is 37.3 Å². The first kappa shape index (κ1) is 10.9. The summed E-state index contributed by atoms with van der Waals surface area (Å²) in [6.07, 6.45) is 0.663. The maximum absolute atomic E-state index is 11.2. The Morgan fingerprint density at radius 1 is 1.36 bits per heavy atom. The van der Waals surface area contributed by atoms with Gasteiger partial charge in [0.05, 0.1) is 5.60 Å². The predicted octanol–water partition coefficient (Wildman–Crippen LogP) is 2.26. The number of aliphatic hydroxyl groups is 1. The zero-order chi connectivity index (χ0) is 10.6. The van der Waals surface area contributed by atoms with Gasteiger partial charge in [0.2, 0.25) is 0 Å². The second kappa shape index (κ2) is 4.38. The van der Waals surface area contributed by atoms with Crippen LogP contribution < -0.4 is 0 Å². The van der Waals surface area contributed by atoms with E-state index < -0.39 is 5.60 Å². The molecule has 0 amide bonds. The first-order chi connectivity index (χ1) is 6.56. The molecule has 0 aromatic heterocycles. The Labute approximate surface area is 84.6 Å². The van der Waals surface area contributed by atoms with Crippen molar-refractivity contribution >= 4 is 5.78 Å². The molecule has 1 aromatic rings. The monoisotopic (exact) mass is 192 g/mol. The fourth-order valence-corrected chi connectivity index (χ4v) is 1.41. The maximum Gasteiger partial charge on any atom is 0.135 e. The Balaban J connectivity index is 2.80. The molecule has 0 bridgehead atoms. The average Bonchev–Trinajstić information content (AvgIpc) is 2.18. The van der Waals surface area contributed by atoms with Gasteiger partial charge in [-0.15, -0.1) is 0 Å². The second-order valence-corrected chi connectivity index (χ2v) is 3.71. The van der Waals surface area contributed by atoms with E-state index in [4.69, 9.17) is 0 Å². The molecule has 0 aliphatic heterocycles. The minimum absolute atomic E-state index is 0.0823. The molecule has 14 heavy (non-hydrogen) atoms. The van der Waals surface area contributed by atoms with E-state index in [0.29, 0.717) is 6.42 Å². The first-order valence-electron chi connectivity index (χ1n) is 4.86. The third kappa shape index (κ3) is 2.67. The van der Waals surface area contributed by atoms with Crippen LogP contribution in [-0.4, -0.2) is 10.9 Å². The molecule has 0 unspecified atom stereocenters. The Morgan fingerprint density at radius 3 is 2.43 bits per heavy atom. The molecule has 1 atom stereocenters. The molecule has 0 aliphatic rings. The minimum Gasteiger partial charge on any atom is -0.385 e. The Morgan fingerprint density at radius 2 is 1.93 bits per heavy atom. The van der Waals surface area contributed by atoms with E-state index in [1.165, 1.54) is 0 Å². The standard InChI is InChI=1S/C12H16O2/c1-3-11(13)9-12(2,14)10-7-5-4-6-8-10/h4-8,14H,3,9H2,1-2H3/t12-/m1/s1. The molecule has 76 valence electrons. The first-order valence-corrected chi connectivity index (χ1v) is 4.86. The van der Waals surface area contributed by atoms with Gasteiger partial charge in [-0.3, -0.25) is 4.79 Å². The largest absolute Gasteiger partial charge is 0.385 e. The number of ketones is 1. The van der Waals surface area contributed by atoms with Crippen LogP contribution in [0.3, 0.4) is 0 Å². The molecule has 0 saturated heterocycles. The highest BCUT2D eigenvalue weighted by Gasteiger charge is 2.25. The predicted molar refractivity (Wildman–Crippen MR) is 55.9 cm³/mol. The van der Waals surface area contributed by atoms with Gasteiger partial charge in [-0.25, -0.2) is 0 Å². The molecular weight excluding hydrogens is 176 g/mol. The van der Waals surface area contributed by atoms with Crippen LogP contribution in [-0.2, 0) is 10.4 Å². The van der Waals surface area contributed by atoms with Gasteiger partial charge in [0, 0.05) is 12.8 Å². The van der Waals surface area contributed by atoms with Crippen LogP contribution in [0.25, 0.3) is 0 Å². The van der Waals surface area contributed by atoms with E-state index in [2.05, 4.69) is 0 Å². The summed E-state index contributed by atoms with van der Waals surface area (Å²) in [6, 6.07) is 9.29. The number of carbonyl (C=O) groups excluding carboxylic acids is 1. The fraction of sp³-hybridized carbons (Fsp3) is 0.417. The van der Waals surface area contributed by atoms with Crippen molar-refractivity contribution in [2.24, 2.45) is 0 Å². The van der Waals surface area contributed by atoms with Crippen molar-refractivity contribution < 1.29 is 9.90 Å². The van der Waals surface area contributed by atoms with Gasteiger partial charge in [0.1, 0.15) is 5.78 Å². The highest BCUT2D eigenvalue weighted by molar-refractivity contribution is 5.79. The number of hydrogen-bond acceptors (Lipinski definition) is 2. The average molecular weight is 192 g/mol. The van der Waals surface area contributed by atoms with Gasteiger partial charge in [-0.1, -0.05) is 37.3 Å². The molecule has 2 nitrogen and oxygen atoms in total. The van der Waals surface area contributed by atoms with Crippen LogP contribution in [0.15, 0.2) is 30.3 Å². The summed E-state index contributed by atoms with van der Waals surface area (Å²) in [6.45, 7) is 3.49. The lowest BCUT2D eigenvalue weighted by molar-refractivity contribution is -0.123. The van der Waals surface area contributed by atoms with Crippen LogP contribution in [0.2, 0.25) is 0 Å². The van der Waals surface area contributed by atoms with Crippen molar-refractivity contribution in [2.45, 2.75) is 32.3 Å². The number of hydrogen-bond donors (Lipinski definition) is 1. The van der Waals surface area contributed by atoms with Crippen LogP contribution in [0, 0.1) is 0 Å². The normalized spacial score (nSPS) is 14.8. The second-order valence-electron chi connectivity index (χ2n) is 3.71. The molecule has 1 rings (SSSR count). The van der Waals surface area contributed by atoms with Crippen molar-refractivity contribution in [3.63, 3.8) is 0 Å². The Bertz CT molecular complexity index is 301. The van der Waals surface area contributed by atoms with Gasteiger partial charge in [-0.2, -0.15) is 0 Å². The third-order valence-corrected chi connectivity index (χ3v) is 2.33. The summed E-state index contributed by atoms with van der Waals surface area (Å²) >= 11 is 0. The summed E-state index contributed by atoms with van der Waals surface area (Å²) in [7, 11) is 0. The topological polar surface area (TPSA) is 37.3 Å². The van der Waals surface area contributed by atoms with E-state index in [9.17, 15) is 9.90 Å². The molecule has 0 radical (unpaired) electrons. The number of carbonyl (C=O) groups is 1. The van der Waals surface area contributed by atoms with Gasteiger partial charge >= 0.3 is 0 Å². The molecule has 0 saturated carbocycles.